The van der Waals surface area contributed by atoms with Gasteiger partial charge >= 0.3 is 5.69 Å². The molecule has 0 spiro atoms. The molecule has 1 atom stereocenters. The predicted octanol–water partition coefficient (Wildman–Crippen LogP) is 0.426. The van der Waals surface area contributed by atoms with Crippen molar-refractivity contribution in [3.05, 3.63) is 63.3 Å². The monoisotopic (exact) mass is 450 g/mol. The maximum absolute atomic E-state index is 12.7. The number of H-pyrrole nitrogens is 1. The van der Waals surface area contributed by atoms with Crippen molar-refractivity contribution in [3.63, 3.8) is 0 Å². The summed E-state index contributed by atoms with van der Waals surface area (Å²) in [7, 11) is 1.57. The number of aliphatic hydroxyl groups excluding tert-OH is 1. The van der Waals surface area contributed by atoms with E-state index in [4.69, 9.17) is 4.74 Å². The fourth-order valence-corrected chi connectivity index (χ4v) is 4.22. The zero-order valence-corrected chi connectivity index (χ0v) is 18.3. The van der Waals surface area contributed by atoms with Gasteiger partial charge in [-0.15, -0.1) is 0 Å². The maximum Gasteiger partial charge on any atom is 0.329 e. The van der Waals surface area contributed by atoms with Gasteiger partial charge in [0.1, 0.15) is 18.5 Å². The van der Waals surface area contributed by atoms with Crippen LogP contribution in [0.1, 0.15) is 0 Å². The van der Waals surface area contributed by atoms with Crippen molar-refractivity contribution in [1.29, 1.82) is 0 Å². The number of aryl methyl sites for hydroxylation is 1. The van der Waals surface area contributed by atoms with E-state index in [2.05, 4.69) is 20.2 Å². The highest BCUT2D eigenvalue weighted by Gasteiger charge is 2.24. The standard InChI is InChI=1S/C23H26N6O4/c1-27-20-19(21(31)26-23(27)32)29(22(25-20)28-10-8-24-9-11-28)13-17(30)14-33-18-7-6-15-4-2-3-5-16(15)12-18/h2-7,12,17,24,30H,8-11,13-14H2,1H3,(H,26,31,32). The molecule has 0 radical (unpaired) electrons. The maximum atomic E-state index is 12.7. The lowest BCUT2D eigenvalue weighted by Crippen LogP contribution is -2.45. The van der Waals surface area contributed by atoms with Gasteiger partial charge in [0, 0.05) is 33.2 Å². The highest BCUT2D eigenvalue weighted by atomic mass is 16.5. The molecule has 1 aliphatic heterocycles. The van der Waals surface area contributed by atoms with Crippen LogP contribution in [-0.4, -0.2) is 63.1 Å². The predicted molar refractivity (Wildman–Crippen MR) is 126 cm³/mol. The summed E-state index contributed by atoms with van der Waals surface area (Å²) < 4.78 is 8.85. The van der Waals surface area contributed by atoms with E-state index in [0.717, 1.165) is 23.9 Å². The van der Waals surface area contributed by atoms with E-state index in [-0.39, 0.29) is 18.7 Å². The van der Waals surface area contributed by atoms with E-state index in [1.54, 1.807) is 11.6 Å². The number of aliphatic hydroxyl groups is 1. The van der Waals surface area contributed by atoms with Crippen LogP contribution in [0.25, 0.3) is 21.9 Å². The number of aromatic amines is 1. The average Bonchev–Trinajstić information content (AvgIpc) is 3.21. The number of ether oxygens (including phenoxy) is 1. The van der Waals surface area contributed by atoms with Crippen LogP contribution < -0.4 is 26.2 Å². The Morgan fingerprint density at radius 1 is 1.12 bits per heavy atom. The van der Waals surface area contributed by atoms with Gasteiger partial charge in [-0.25, -0.2) is 4.79 Å². The lowest BCUT2D eigenvalue weighted by molar-refractivity contribution is 0.0937. The summed E-state index contributed by atoms with van der Waals surface area (Å²) in [5.74, 6) is 1.22. The lowest BCUT2D eigenvalue weighted by Gasteiger charge is -2.29. The summed E-state index contributed by atoms with van der Waals surface area (Å²) in [5.41, 5.74) is -0.496. The summed E-state index contributed by atoms with van der Waals surface area (Å²) in [5, 5.41) is 16.3. The van der Waals surface area contributed by atoms with Crippen molar-refractivity contribution in [3.8, 4) is 5.75 Å². The van der Waals surface area contributed by atoms with Crippen LogP contribution in [0.3, 0.4) is 0 Å². The van der Waals surface area contributed by atoms with Gasteiger partial charge in [-0.2, -0.15) is 4.98 Å². The SMILES string of the molecule is Cn1c(=O)[nH]c(=O)c2c1nc(N1CCNCC1)n2CC(O)COc1ccc2ccccc2c1. The Morgan fingerprint density at radius 3 is 2.67 bits per heavy atom. The molecule has 1 saturated heterocycles. The van der Waals surface area contributed by atoms with Crippen LogP contribution in [0.15, 0.2) is 52.1 Å². The molecule has 4 aromatic rings. The third kappa shape index (κ3) is 4.10. The van der Waals surface area contributed by atoms with Gasteiger partial charge in [0.25, 0.3) is 5.56 Å². The number of aromatic nitrogens is 4. The molecule has 0 amide bonds. The smallest absolute Gasteiger partial charge is 0.329 e. The highest BCUT2D eigenvalue weighted by molar-refractivity contribution is 5.83. The first-order valence-electron chi connectivity index (χ1n) is 11.0. The van der Waals surface area contributed by atoms with Gasteiger partial charge in [0.15, 0.2) is 11.2 Å². The molecule has 3 heterocycles. The summed E-state index contributed by atoms with van der Waals surface area (Å²) >= 11 is 0. The molecule has 10 heteroatoms. The molecule has 10 nitrogen and oxygen atoms in total. The molecule has 1 aliphatic rings. The molecule has 0 saturated carbocycles. The van der Waals surface area contributed by atoms with Gasteiger partial charge < -0.3 is 24.6 Å². The number of rotatable bonds is 6. The minimum Gasteiger partial charge on any atom is -0.491 e. The Hall–Kier alpha value is -3.63. The van der Waals surface area contributed by atoms with E-state index in [1.165, 1.54) is 4.57 Å². The summed E-state index contributed by atoms with van der Waals surface area (Å²) in [6.45, 7) is 3.13. The first-order chi connectivity index (χ1) is 16.0. The Kier molecular flexibility index (Phi) is 5.61. The first-order valence-corrected chi connectivity index (χ1v) is 11.0. The van der Waals surface area contributed by atoms with Crippen LogP contribution in [0.4, 0.5) is 5.95 Å². The van der Waals surface area contributed by atoms with Crippen LogP contribution in [0, 0.1) is 0 Å². The molecule has 172 valence electrons. The van der Waals surface area contributed by atoms with Crippen LogP contribution in [0.5, 0.6) is 5.75 Å². The van der Waals surface area contributed by atoms with Gasteiger partial charge in [0.2, 0.25) is 5.95 Å². The van der Waals surface area contributed by atoms with E-state index < -0.39 is 17.4 Å². The molecule has 2 aromatic heterocycles. The Balaban J connectivity index is 1.43. The third-order valence-corrected chi connectivity index (χ3v) is 5.94. The fourth-order valence-electron chi connectivity index (χ4n) is 4.22. The van der Waals surface area contributed by atoms with Gasteiger partial charge in [0.05, 0.1) is 6.54 Å². The molecular formula is C23H26N6O4. The fraction of sp³-hybridized carbons (Fsp3) is 0.348. The second-order valence-electron chi connectivity index (χ2n) is 8.22. The van der Waals surface area contributed by atoms with E-state index in [9.17, 15) is 14.7 Å². The number of anilines is 1. The average molecular weight is 450 g/mol. The number of nitrogens with zero attached hydrogens (tertiary/aromatic N) is 4. The van der Waals surface area contributed by atoms with E-state index in [0.29, 0.717) is 30.4 Å². The molecule has 1 unspecified atom stereocenters. The summed E-state index contributed by atoms with van der Waals surface area (Å²) in [6, 6.07) is 13.8. The zero-order chi connectivity index (χ0) is 22.9. The van der Waals surface area contributed by atoms with Crippen molar-refractivity contribution < 1.29 is 9.84 Å². The third-order valence-electron chi connectivity index (χ3n) is 5.94. The second-order valence-corrected chi connectivity index (χ2v) is 8.22. The van der Waals surface area contributed by atoms with Gasteiger partial charge in [-0.3, -0.25) is 14.3 Å². The Labute approximate surface area is 189 Å². The molecule has 0 aliphatic carbocycles. The number of fused-ring (bicyclic) bond motifs is 2. The van der Waals surface area contributed by atoms with Crippen molar-refractivity contribution in [1.82, 2.24) is 24.4 Å². The minimum atomic E-state index is -0.896. The van der Waals surface area contributed by atoms with Crippen molar-refractivity contribution in [2.75, 3.05) is 37.7 Å². The highest BCUT2D eigenvalue weighted by Crippen LogP contribution is 2.22. The van der Waals surface area contributed by atoms with Crippen molar-refractivity contribution >= 4 is 27.9 Å². The van der Waals surface area contributed by atoms with Crippen LogP contribution >= 0.6 is 0 Å². The molecule has 1 fully saturated rings. The first kappa shape index (κ1) is 21.2. The number of hydrogen-bond acceptors (Lipinski definition) is 7. The van der Waals surface area contributed by atoms with Crippen molar-refractivity contribution in [2.45, 2.75) is 12.6 Å². The van der Waals surface area contributed by atoms with E-state index >= 15 is 0 Å². The number of piperazine rings is 1. The zero-order valence-electron chi connectivity index (χ0n) is 18.3. The van der Waals surface area contributed by atoms with E-state index in [1.807, 2.05) is 42.5 Å². The molecule has 0 bridgehead atoms. The van der Waals surface area contributed by atoms with Gasteiger partial charge in [-0.1, -0.05) is 30.3 Å². The minimum absolute atomic E-state index is 0.0443. The number of benzene rings is 2. The van der Waals surface area contributed by atoms with Crippen molar-refractivity contribution in [2.24, 2.45) is 7.05 Å². The molecule has 3 N–H and O–H groups in total. The number of hydrogen-bond donors (Lipinski definition) is 3. The van der Waals surface area contributed by atoms with Crippen LogP contribution in [-0.2, 0) is 13.6 Å². The topological polar surface area (TPSA) is 117 Å². The lowest BCUT2D eigenvalue weighted by atomic mass is 10.1. The summed E-state index contributed by atoms with van der Waals surface area (Å²) in [6.07, 6.45) is -0.896. The molecule has 33 heavy (non-hydrogen) atoms. The summed E-state index contributed by atoms with van der Waals surface area (Å²) in [4.78, 5) is 33.8. The molecule has 2 aromatic carbocycles. The largest absolute Gasteiger partial charge is 0.491 e. The normalized spacial score (nSPS) is 15.3. The second kappa shape index (κ2) is 8.72. The van der Waals surface area contributed by atoms with Gasteiger partial charge in [-0.05, 0) is 22.9 Å². The van der Waals surface area contributed by atoms with Crippen LogP contribution in [0.2, 0.25) is 0 Å². The number of nitrogens with one attached hydrogen (secondary N) is 2. The Morgan fingerprint density at radius 2 is 1.88 bits per heavy atom. The molecule has 5 rings (SSSR count). The molecular weight excluding hydrogens is 424 g/mol. The Bertz CT molecular complexity index is 1420. The quantitative estimate of drug-likeness (QED) is 0.390. The number of imidazole rings is 1.